The molecule has 0 aliphatic carbocycles. The molecular weight excluding hydrogens is 371 g/mol. The molecule has 1 aromatic heterocycles. The second-order valence-electron chi connectivity index (χ2n) is 6.83. The Morgan fingerprint density at radius 1 is 1.00 bits per heavy atom. The van der Waals surface area contributed by atoms with E-state index in [9.17, 15) is 9.18 Å². The summed E-state index contributed by atoms with van der Waals surface area (Å²) >= 11 is 0. The SMILES string of the molecule is O=C(/C=C\c1ccccc1)N1CCN(Cc2nnnn2-c2ccc(F)cc2)CC1. The molecule has 7 nitrogen and oxygen atoms in total. The topological polar surface area (TPSA) is 67.2 Å². The van der Waals surface area contributed by atoms with E-state index >= 15 is 0 Å². The van der Waals surface area contributed by atoms with Gasteiger partial charge in [-0.15, -0.1) is 5.10 Å². The fourth-order valence-electron chi connectivity index (χ4n) is 3.25. The van der Waals surface area contributed by atoms with Gasteiger partial charge in [-0.1, -0.05) is 30.3 Å². The molecule has 0 N–H and O–H groups in total. The number of nitrogens with zero attached hydrogens (tertiary/aromatic N) is 6. The zero-order valence-corrected chi connectivity index (χ0v) is 15.9. The lowest BCUT2D eigenvalue weighted by molar-refractivity contribution is -0.127. The largest absolute Gasteiger partial charge is 0.337 e. The van der Waals surface area contributed by atoms with Gasteiger partial charge in [0.1, 0.15) is 5.82 Å². The van der Waals surface area contributed by atoms with Crippen molar-refractivity contribution >= 4 is 12.0 Å². The van der Waals surface area contributed by atoms with Crippen LogP contribution in [0.4, 0.5) is 4.39 Å². The molecule has 0 saturated carbocycles. The van der Waals surface area contributed by atoms with Crippen molar-refractivity contribution in [3.8, 4) is 5.69 Å². The first-order valence-corrected chi connectivity index (χ1v) is 9.46. The van der Waals surface area contributed by atoms with Crippen molar-refractivity contribution in [2.24, 2.45) is 0 Å². The number of halogens is 1. The summed E-state index contributed by atoms with van der Waals surface area (Å²) in [5.74, 6) is 0.399. The summed E-state index contributed by atoms with van der Waals surface area (Å²) in [7, 11) is 0. The first-order chi connectivity index (χ1) is 14.2. The van der Waals surface area contributed by atoms with Crippen molar-refractivity contribution in [1.29, 1.82) is 0 Å². The quantitative estimate of drug-likeness (QED) is 0.623. The zero-order chi connectivity index (χ0) is 20.1. The van der Waals surface area contributed by atoms with E-state index in [-0.39, 0.29) is 11.7 Å². The van der Waals surface area contributed by atoms with Gasteiger partial charge in [0.05, 0.1) is 12.2 Å². The highest BCUT2D eigenvalue weighted by Gasteiger charge is 2.21. The van der Waals surface area contributed by atoms with Gasteiger partial charge in [0.2, 0.25) is 5.91 Å². The van der Waals surface area contributed by atoms with Crippen LogP contribution in [0.25, 0.3) is 11.8 Å². The first-order valence-electron chi connectivity index (χ1n) is 9.46. The molecule has 8 heteroatoms. The average Bonchev–Trinajstić information content (AvgIpc) is 3.22. The maximum Gasteiger partial charge on any atom is 0.246 e. The molecule has 2 aromatic carbocycles. The molecule has 0 atom stereocenters. The molecule has 0 bridgehead atoms. The summed E-state index contributed by atoms with van der Waals surface area (Å²) in [6.45, 7) is 3.33. The van der Waals surface area contributed by atoms with Crippen LogP contribution >= 0.6 is 0 Å². The van der Waals surface area contributed by atoms with E-state index in [1.807, 2.05) is 41.3 Å². The summed E-state index contributed by atoms with van der Waals surface area (Å²) in [4.78, 5) is 16.5. The van der Waals surface area contributed by atoms with Gasteiger partial charge in [-0.25, -0.2) is 4.39 Å². The van der Waals surface area contributed by atoms with Gasteiger partial charge in [0.25, 0.3) is 0 Å². The van der Waals surface area contributed by atoms with Crippen molar-refractivity contribution < 1.29 is 9.18 Å². The lowest BCUT2D eigenvalue weighted by Crippen LogP contribution is -2.48. The Morgan fingerprint density at radius 2 is 1.72 bits per heavy atom. The second-order valence-corrected chi connectivity index (χ2v) is 6.83. The number of rotatable bonds is 5. The van der Waals surface area contributed by atoms with Crippen LogP contribution in [0.15, 0.2) is 60.7 Å². The Balaban J connectivity index is 1.33. The minimum atomic E-state index is -0.300. The fourth-order valence-corrected chi connectivity index (χ4v) is 3.25. The molecule has 1 aliphatic heterocycles. The minimum absolute atomic E-state index is 0.0182. The highest BCUT2D eigenvalue weighted by Crippen LogP contribution is 2.12. The van der Waals surface area contributed by atoms with Crippen LogP contribution in [-0.4, -0.2) is 62.1 Å². The van der Waals surface area contributed by atoms with E-state index in [2.05, 4.69) is 20.4 Å². The third-order valence-corrected chi connectivity index (χ3v) is 4.87. The van der Waals surface area contributed by atoms with Crippen LogP contribution in [0.1, 0.15) is 11.4 Å². The molecule has 1 fully saturated rings. The van der Waals surface area contributed by atoms with Crippen molar-refractivity contribution in [3.05, 3.63) is 77.9 Å². The lowest BCUT2D eigenvalue weighted by atomic mass is 10.2. The van der Waals surface area contributed by atoms with Gasteiger partial charge >= 0.3 is 0 Å². The van der Waals surface area contributed by atoms with Crippen LogP contribution in [0, 0.1) is 5.82 Å². The van der Waals surface area contributed by atoms with Crippen molar-refractivity contribution in [2.75, 3.05) is 26.2 Å². The van der Waals surface area contributed by atoms with E-state index in [0.717, 1.165) is 18.7 Å². The molecule has 2 heterocycles. The number of hydrogen-bond acceptors (Lipinski definition) is 5. The Kier molecular flexibility index (Phi) is 5.71. The average molecular weight is 392 g/mol. The molecule has 4 rings (SSSR count). The lowest BCUT2D eigenvalue weighted by Gasteiger charge is -2.33. The Bertz CT molecular complexity index is 978. The molecule has 0 radical (unpaired) electrons. The van der Waals surface area contributed by atoms with Crippen LogP contribution in [0.5, 0.6) is 0 Å². The minimum Gasteiger partial charge on any atom is -0.337 e. The zero-order valence-electron chi connectivity index (χ0n) is 15.9. The number of aromatic nitrogens is 4. The summed E-state index contributed by atoms with van der Waals surface area (Å²) in [6.07, 6.45) is 3.46. The molecule has 1 amide bonds. The van der Waals surface area contributed by atoms with E-state index in [1.165, 1.54) is 12.1 Å². The number of hydrogen-bond donors (Lipinski definition) is 0. The maximum atomic E-state index is 13.1. The van der Waals surface area contributed by atoms with Crippen LogP contribution in [0.3, 0.4) is 0 Å². The normalized spacial score (nSPS) is 15.1. The predicted octanol–water partition coefficient (Wildman–Crippen LogP) is 2.16. The number of benzene rings is 2. The van der Waals surface area contributed by atoms with Crippen LogP contribution in [-0.2, 0) is 11.3 Å². The first kappa shape index (κ1) is 18.9. The summed E-state index contributed by atoms with van der Waals surface area (Å²) in [6, 6.07) is 15.8. The Labute approximate surface area is 168 Å². The number of tetrazole rings is 1. The number of piperazine rings is 1. The van der Waals surface area contributed by atoms with Crippen LogP contribution in [0.2, 0.25) is 0 Å². The molecular formula is C21H21FN6O. The highest BCUT2D eigenvalue weighted by molar-refractivity contribution is 5.91. The highest BCUT2D eigenvalue weighted by atomic mass is 19.1. The van der Waals surface area contributed by atoms with Gasteiger partial charge < -0.3 is 4.90 Å². The molecule has 29 heavy (non-hydrogen) atoms. The summed E-state index contributed by atoms with van der Waals surface area (Å²) in [5, 5.41) is 11.9. The molecule has 0 unspecified atom stereocenters. The number of carbonyl (C=O) groups is 1. The summed E-state index contributed by atoms with van der Waals surface area (Å²) < 4.78 is 14.8. The molecule has 0 spiro atoms. The third-order valence-electron chi connectivity index (χ3n) is 4.87. The smallest absolute Gasteiger partial charge is 0.246 e. The Hall–Kier alpha value is -3.39. The molecule has 1 aliphatic rings. The third kappa shape index (κ3) is 4.72. The Morgan fingerprint density at radius 3 is 2.45 bits per heavy atom. The van der Waals surface area contributed by atoms with E-state index in [1.54, 1.807) is 22.9 Å². The van der Waals surface area contributed by atoms with Crippen molar-refractivity contribution in [2.45, 2.75) is 6.54 Å². The van der Waals surface area contributed by atoms with Crippen LogP contribution < -0.4 is 0 Å². The van der Waals surface area contributed by atoms with Crippen molar-refractivity contribution in [3.63, 3.8) is 0 Å². The van der Waals surface area contributed by atoms with Gasteiger partial charge in [-0.3, -0.25) is 9.69 Å². The van der Waals surface area contributed by atoms with E-state index in [4.69, 9.17) is 0 Å². The fraction of sp³-hybridized carbons (Fsp3) is 0.238. The maximum absolute atomic E-state index is 13.1. The monoisotopic (exact) mass is 392 g/mol. The number of carbonyl (C=O) groups excluding carboxylic acids is 1. The molecule has 3 aromatic rings. The van der Waals surface area contributed by atoms with Gasteiger partial charge in [-0.2, -0.15) is 4.68 Å². The van der Waals surface area contributed by atoms with Crippen molar-refractivity contribution in [1.82, 2.24) is 30.0 Å². The van der Waals surface area contributed by atoms with Gasteiger partial charge in [0, 0.05) is 32.3 Å². The molecule has 148 valence electrons. The standard InChI is InChI=1S/C21H21FN6O/c22-18-7-9-19(10-8-18)28-20(23-24-25-28)16-26-12-14-27(15-13-26)21(29)11-6-17-4-2-1-3-5-17/h1-11H,12-16H2/b11-6-. The predicted molar refractivity (Wildman–Crippen MR) is 106 cm³/mol. The van der Waals surface area contributed by atoms with Gasteiger partial charge in [-0.05, 0) is 46.3 Å². The summed E-state index contributed by atoms with van der Waals surface area (Å²) in [5.41, 5.74) is 1.72. The molecule has 1 saturated heterocycles. The van der Waals surface area contributed by atoms with E-state index < -0.39 is 0 Å². The number of amides is 1. The second kappa shape index (κ2) is 8.74. The van der Waals surface area contributed by atoms with Gasteiger partial charge in [0.15, 0.2) is 5.82 Å². The van der Waals surface area contributed by atoms with E-state index in [0.29, 0.717) is 31.1 Å².